The molecule has 0 bridgehead atoms. The van der Waals surface area contributed by atoms with Gasteiger partial charge in [0.2, 0.25) is 5.91 Å². The zero-order valence-corrected chi connectivity index (χ0v) is 10.7. The van der Waals surface area contributed by atoms with E-state index in [9.17, 15) is 9.59 Å². The molecule has 0 aromatic heterocycles. The average molecular weight is 250 g/mol. The molecule has 1 aromatic rings. The molecule has 1 rings (SSSR count). The third-order valence-corrected chi connectivity index (χ3v) is 2.35. The van der Waals surface area contributed by atoms with Crippen molar-refractivity contribution >= 4 is 11.8 Å². The summed E-state index contributed by atoms with van der Waals surface area (Å²) in [5, 5.41) is 5.19. The van der Waals surface area contributed by atoms with Crippen molar-refractivity contribution in [2.75, 3.05) is 20.2 Å². The molecule has 0 heterocycles. The molecule has 0 spiro atoms. The Kier molecular flexibility index (Phi) is 5.87. The highest BCUT2D eigenvalue weighted by Crippen LogP contribution is 2.09. The van der Waals surface area contributed by atoms with Crippen molar-refractivity contribution in [1.82, 2.24) is 10.6 Å². The van der Waals surface area contributed by atoms with Crippen molar-refractivity contribution in [3.8, 4) is 0 Å². The number of hydrogen-bond acceptors (Lipinski definition) is 3. The number of hydrogen-bond donors (Lipinski definition) is 2. The van der Waals surface area contributed by atoms with E-state index < -0.39 is 0 Å². The van der Waals surface area contributed by atoms with Crippen LogP contribution in [0.1, 0.15) is 22.8 Å². The van der Waals surface area contributed by atoms with Gasteiger partial charge in [0.15, 0.2) is 0 Å². The Morgan fingerprint density at radius 1 is 1.22 bits per heavy atom. The van der Waals surface area contributed by atoms with Gasteiger partial charge in [-0.1, -0.05) is 18.2 Å². The number of likely N-dealkylation sites (N-methyl/N-ethyl adjacent to an activating group) is 1. The summed E-state index contributed by atoms with van der Waals surface area (Å²) in [6.07, 6.45) is 0. The number of amides is 2. The van der Waals surface area contributed by atoms with Gasteiger partial charge in [0, 0.05) is 19.2 Å². The number of benzene rings is 1. The third-order valence-electron chi connectivity index (χ3n) is 2.35. The van der Waals surface area contributed by atoms with Crippen LogP contribution in [0.4, 0.5) is 0 Å². The molecule has 0 fully saturated rings. The molecule has 5 heteroatoms. The van der Waals surface area contributed by atoms with E-state index in [4.69, 9.17) is 4.74 Å². The maximum absolute atomic E-state index is 11.9. The molecule has 2 N–H and O–H groups in total. The minimum absolute atomic E-state index is 0.0199. The normalized spacial score (nSPS) is 9.89. The fraction of sp³-hybridized carbons (Fsp3) is 0.385. The van der Waals surface area contributed by atoms with Crippen LogP contribution in [-0.2, 0) is 16.1 Å². The lowest BCUT2D eigenvalue weighted by molar-refractivity contribution is -0.120. The molecule has 1 aromatic carbocycles. The Balaban J connectivity index is 2.63. The Hall–Kier alpha value is -1.88. The minimum Gasteiger partial charge on any atom is -0.380 e. The third kappa shape index (κ3) is 4.18. The zero-order valence-electron chi connectivity index (χ0n) is 10.7. The zero-order chi connectivity index (χ0) is 13.4. The van der Waals surface area contributed by atoms with E-state index in [1.807, 2.05) is 19.1 Å². The fourth-order valence-corrected chi connectivity index (χ4v) is 1.54. The summed E-state index contributed by atoms with van der Waals surface area (Å²) in [6, 6.07) is 7.15. The Bertz CT molecular complexity index is 418. The first-order valence-electron chi connectivity index (χ1n) is 5.80. The Morgan fingerprint density at radius 2 is 1.94 bits per heavy atom. The van der Waals surface area contributed by atoms with E-state index in [-0.39, 0.29) is 18.4 Å². The molecule has 98 valence electrons. The van der Waals surface area contributed by atoms with Crippen LogP contribution in [0.2, 0.25) is 0 Å². The molecular weight excluding hydrogens is 232 g/mol. The van der Waals surface area contributed by atoms with E-state index in [0.29, 0.717) is 18.7 Å². The smallest absolute Gasteiger partial charge is 0.252 e. The van der Waals surface area contributed by atoms with Crippen molar-refractivity contribution in [2.24, 2.45) is 0 Å². The summed E-state index contributed by atoms with van der Waals surface area (Å²) in [7, 11) is 1.57. The molecule has 18 heavy (non-hydrogen) atoms. The molecule has 5 nitrogen and oxygen atoms in total. The molecule has 0 radical (unpaired) electrons. The first-order chi connectivity index (χ1) is 8.69. The van der Waals surface area contributed by atoms with Gasteiger partial charge in [-0.2, -0.15) is 0 Å². The van der Waals surface area contributed by atoms with E-state index in [1.165, 1.54) is 0 Å². The number of nitrogens with one attached hydrogen (secondary N) is 2. The van der Waals surface area contributed by atoms with Gasteiger partial charge in [-0.05, 0) is 18.6 Å². The van der Waals surface area contributed by atoms with E-state index in [2.05, 4.69) is 10.6 Å². The van der Waals surface area contributed by atoms with Crippen LogP contribution in [-0.4, -0.2) is 32.0 Å². The quantitative estimate of drug-likeness (QED) is 0.781. The Labute approximate surface area is 107 Å². The second-order valence-electron chi connectivity index (χ2n) is 3.73. The van der Waals surface area contributed by atoms with E-state index in [0.717, 1.165) is 5.56 Å². The van der Waals surface area contributed by atoms with Crippen LogP contribution >= 0.6 is 0 Å². The fourth-order valence-electron chi connectivity index (χ4n) is 1.54. The largest absolute Gasteiger partial charge is 0.380 e. The van der Waals surface area contributed by atoms with Crippen LogP contribution in [0, 0.1) is 0 Å². The molecule has 0 atom stereocenters. The Morgan fingerprint density at radius 3 is 2.61 bits per heavy atom. The number of ether oxygens (including phenoxy) is 1. The van der Waals surface area contributed by atoms with Crippen molar-refractivity contribution in [3.63, 3.8) is 0 Å². The van der Waals surface area contributed by atoms with Crippen LogP contribution in [0.3, 0.4) is 0 Å². The maximum Gasteiger partial charge on any atom is 0.252 e. The summed E-state index contributed by atoms with van der Waals surface area (Å²) in [4.78, 5) is 23.1. The van der Waals surface area contributed by atoms with Gasteiger partial charge in [0.05, 0.1) is 13.2 Å². The second kappa shape index (κ2) is 7.45. The van der Waals surface area contributed by atoms with Gasteiger partial charge in [-0.25, -0.2) is 0 Å². The van der Waals surface area contributed by atoms with Gasteiger partial charge >= 0.3 is 0 Å². The molecule has 0 aliphatic rings. The topological polar surface area (TPSA) is 67.4 Å². The van der Waals surface area contributed by atoms with Gasteiger partial charge in [0.1, 0.15) is 0 Å². The summed E-state index contributed by atoms with van der Waals surface area (Å²) in [5.41, 5.74) is 1.33. The summed E-state index contributed by atoms with van der Waals surface area (Å²) < 4.78 is 5.02. The van der Waals surface area contributed by atoms with Gasteiger partial charge in [0.25, 0.3) is 5.91 Å². The first-order valence-corrected chi connectivity index (χ1v) is 5.80. The van der Waals surface area contributed by atoms with Gasteiger partial charge in [-0.15, -0.1) is 0 Å². The summed E-state index contributed by atoms with van der Waals surface area (Å²) >= 11 is 0. The molecule has 0 saturated carbocycles. The number of carbonyl (C=O) groups excluding carboxylic acids is 2. The molecule has 0 saturated heterocycles. The molecular formula is C13H18N2O3. The van der Waals surface area contributed by atoms with Crippen LogP contribution in [0.5, 0.6) is 0 Å². The van der Waals surface area contributed by atoms with Crippen molar-refractivity contribution in [1.29, 1.82) is 0 Å². The number of methoxy groups -OCH3 is 1. The molecule has 2 amide bonds. The van der Waals surface area contributed by atoms with Crippen LogP contribution in [0.15, 0.2) is 24.3 Å². The number of rotatable bonds is 6. The predicted octanol–water partition coefficient (Wildman–Crippen LogP) is 0.699. The summed E-state index contributed by atoms with van der Waals surface area (Å²) in [6.45, 7) is 2.72. The average Bonchev–Trinajstić information content (AvgIpc) is 2.37. The van der Waals surface area contributed by atoms with Crippen molar-refractivity contribution in [3.05, 3.63) is 35.4 Å². The monoisotopic (exact) mass is 250 g/mol. The van der Waals surface area contributed by atoms with Gasteiger partial charge < -0.3 is 15.4 Å². The lowest BCUT2D eigenvalue weighted by Gasteiger charge is -2.09. The van der Waals surface area contributed by atoms with Gasteiger partial charge in [-0.3, -0.25) is 9.59 Å². The van der Waals surface area contributed by atoms with E-state index >= 15 is 0 Å². The van der Waals surface area contributed by atoms with E-state index in [1.54, 1.807) is 19.2 Å². The highest BCUT2D eigenvalue weighted by Gasteiger charge is 2.11. The molecule has 0 aliphatic carbocycles. The summed E-state index contributed by atoms with van der Waals surface area (Å²) in [5.74, 6) is -0.469. The maximum atomic E-state index is 11.9. The highest BCUT2D eigenvalue weighted by molar-refractivity contribution is 5.97. The number of carbonyl (C=O) groups is 2. The molecule has 0 aliphatic heterocycles. The van der Waals surface area contributed by atoms with Crippen molar-refractivity contribution < 1.29 is 14.3 Å². The SMILES string of the molecule is CCNC(=O)CNC(=O)c1ccccc1COC. The lowest BCUT2D eigenvalue weighted by atomic mass is 10.1. The highest BCUT2D eigenvalue weighted by atomic mass is 16.5. The predicted molar refractivity (Wildman–Crippen MR) is 68.2 cm³/mol. The second-order valence-corrected chi connectivity index (χ2v) is 3.73. The lowest BCUT2D eigenvalue weighted by Crippen LogP contribution is -2.37. The minimum atomic E-state index is -0.270. The van der Waals surface area contributed by atoms with Crippen LogP contribution in [0.25, 0.3) is 0 Å². The first kappa shape index (κ1) is 14.2. The van der Waals surface area contributed by atoms with Crippen molar-refractivity contribution in [2.45, 2.75) is 13.5 Å². The molecule has 0 unspecified atom stereocenters. The van der Waals surface area contributed by atoms with Crippen LogP contribution < -0.4 is 10.6 Å². The standard InChI is InChI=1S/C13H18N2O3/c1-3-14-12(16)8-15-13(17)11-7-5-4-6-10(11)9-18-2/h4-7H,3,8-9H2,1-2H3,(H,14,16)(H,15,17).